The lowest BCUT2D eigenvalue weighted by Gasteiger charge is -2.12. The Bertz CT molecular complexity index is 458. The van der Waals surface area contributed by atoms with Gasteiger partial charge >= 0.3 is 5.97 Å². The van der Waals surface area contributed by atoms with Crippen LogP contribution in [0.25, 0.3) is 0 Å². The molecule has 0 amide bonds. The molecule has 0 saturated carbocycles. The SMILES string of the molecule is CC1=NC(O)C(c2ccc(C(=O)OS)cc2)S1. The fourth-order valence-electron chi connectivity index (χ4n) is 1.63. The Hall–Kier alpha value is -0.980. The fraction of sp³-hybridized carbons (Fsp3) is 0.273. The van der Waals surface area contributed by atoms with Gasteiger partial charge in [-0.3, -0.25) is 4.99 Å². The first-order valence-electron chi connectivity index (χ1n) is 4.96. The quantitative estimate of drug-likeness (QED) is 0.638. The molecule has 0 spiro atoms. The maximum Gasteiger partial charge on any atom is 0.349 e. The summed E-state index contributed by atoms with van der Waals surface area (Å²) in [6, 6.07) is 6.87. The van der Waals surface area contributed by atoms with E-state index in [1.54, 1.807) is 24.3 Å². The zero-order valence-corrected chi connectivity index (χ0v) is 10.7. The molecule has 1 aromatic carbocycles. The second-order valence-corrected chi connectivity index (χ2v) is 5.12. The molecule has 1 aromatic rings. The van der Waals surface area contributed by atoms with E-state index < -0.39 is 12.2 Å². The van der Waals surface area contributed by atoms with Crippen LogP contribution in [0.2, 0.25) is 0 Å². The minimum atomic E-state index is -0.720. The molecule has 90 valence electrons. The summed E-state index contributed by atoms with van der Waals surface area (Å²) in [7, 11) is 0. The Labute approximate surface area is 109 Å². The first-order chi connectivity index (χ1) is 8.11. The lowest BCUT2D eigenvalue weighted by molar-refractivity contribution is 0.0772. The Morgan fingerprint density at radius 2 is 2.12 bits per heavy atom. The van der Waals surface area contributed by atoms with Crippen molar-refractivity contribution in [2.45, 2.75) is 18.4 Å². The summed E-state index contributed by atoms with van der Waals surface area (Å²) in [5.74, 6) is -0.494. The summed E-state index contributed by atoms with van der Waals surface area (Å²) in [6.07, 6.45) is -0.720. The van der Waals surface area contributed by atoms with E-state index >= 15 is 0 Å². The molecule has 1 heterocycles. The third-order valence-electron chi connectivity index (χ3n) is 2.44. The summed E-state index contributed by atoms with van der Waals surface area (Å²) >= 11 is 4.97. The average Bonchev–Trinajstić information content (AvgIpc) is 2.68. The van der Waals surface area contributed by atoms with E-state index in [4.69, 9.17) is 0 Å². The van der Waals surface area contributed by atoms with Gasteiger partial charge in [0.25, 0.3) is 0 Å². The van der Waals surface area contributed by atoms with E-state index in [-0.39, 0.29) is 5.25 Å². The van der Waals surface area contributed by atoms with E-state index in [9.17, 15) is 9.90 Å². The van der Waals surface area contributed by atoms with E-state index in [1.165, 1.54) is 11.8 Å². The number of carbonyl (C=O) groups is 1. The van der Waals surface area contributed by atoms with Crippen LogP contribution in [0.15, 0.2) is 29.3 Å². The molecular weight excluding hydrogens is 258 g/mol. The maximum absolute atomic E-state index is 11.2. The van der Waals surface area contributed by atoms with Gasteiger partial charge in [-0.05, 0) is 24.6 Å². The zero-order chi connectivity index (χ0) is 12.4. The maximum atomic E-state index is 11.2. The minimum absolute atomic E-state index is 0.101. The van der Waals surface area contributed by atoms with Crippen LogP contribution in [0.5, 0.6) is 0 Å². The van der Waals surface area contributed by atoms with Crippen molar-refractivity contribution in [2.75, 3.05) is 0 Å². The lowest BCUT2D eigenvalue weighted by Crippen LogP contribution is -2.08. The number of hydrogen-bond donors (Lipinski definition) is 2. The number of rotatable bonds is 2. The Morgan fingerprint density at radius 3 is 2.59 bits per heavy atom. The molecule has 0 bridgehead atoms. The highest BCUT2D eigenvalue weighted by Crippen LogP contribution is 2.38. The third kappa shape index (κ3) is 2.65. The molecule has 1 aliphatic rings. The zero-order valence-electron chi connectivity index (χ0n) is 9.03. The standard InChI is InChI=1S/C11H11NO3S2/c1-6-12-10(13)9(17-6)7-2-4-8(5-3-7)11(14)15-16/h2-5,9-10,13,16H,1H3. The number of hydrogen-bond acceptors (Lipinski definition) is 6. The molecule has 1 N–H and O–H groups in total. The molecule has 1 aliphatic heterocycles. The predicted octanol–water partition coefficient (Wildman–Crippen LogP) is 2.21. The molecule has 17 heavy (non-hydrogen) atoms. The molecular formula is C11H11NO3S2. The number of thiol groups is 1. The normalized spacial score (nSPS) is 23.4. The van der Waals surface area contributed by atoms with Crippen molar-refractivity contribution in [1.82, 2.24) is 0 Å². The number of aliphatic hydroxyl groups excluding tert-OH is 1. The van der Waals surface area contributed by atoms with Crippen LogP contribution in [-0.4, -0.2) is 22.3 Å². The second kappa shape index (κ2) is 5.12. The van der Waals surface area contributed by atoms with E-state index in [0.29, 0.717) is 5.56 Å². The number of aliphatic imine (C=N–C) groups is 1. The van der Waals surface area contributed by atoms with Crippen molar-refractivity contribution in [2.24, 2.45) is 4.99 Å². The van der Waals surface area contributed by atoms with Crippen molar-refractivity contribution >= 4 is 35.7 Å². The molecule has 0 aliphatic carbocycles. The van der Waals surface area contributed by atoms with Crippen molar-refractivity contribution in [3.63, 3.8) is 0 Å². The molecule has 2 rings (SSSR count). The minimum Gasteiger partial charge on any atom is -0.391 e. The summed E-state index contributed by atoms with van der Waals surface area (Å²) in [5.41, 5.74) is 1.36. The van der Waals surface area contributed by atoms with Crippen molar-refractivity contribution in [1.29, 1.82) is 0 Å². The number of thioether (sulfide) groups is 1. The summed E-state index contributed by atoms with van der Waals surface area (Å²) in [6.45, 7) is 1.86. The summed E-state index contributed by atoms with van der Waals surface area (Å²) in [4.78, 5) is 15.2. The Morgan fingerprint density at radius 1 is 1.47 bits per heavy atom. The van der Waals surface area contributed by atoms with Gasteiger partial charge in [0.2, 0.25) is 0 Å². The second-order valence-electron chi connectivity index (χ2n) is 3.60. The highest BCUT2D eigenvalue weighted by atomic mass is 32.2. The van der Waals surface area contributed by atoms with E-state index in [2.05, 4.69) is 22.1 Å². The van der Waals surface area contributed by atoms with E-state index in [1.807, 2.05) is 6.92 Å². The Balaban J connectivity index is 2.17. The van der Waals surface area contributed by atoms with Crippen LogP contribution < -0.4 is 0 Å². The molecule has 2 atom stereocenters. The van der Waals surface area contributed by atoms with Gasteiger partial charge in [0.05, 0.1) is 15.9 Å². The molecule has 0 fully saturated rings. The molecule has 0 aromatic heterocycles. The van der Waals surface area contributed by atoms with Crippen LogP contribution in [0.1, 0.15) is 28.1 Å². The monoisotopic (exact) mass is 269 g/mol. The van der Waals surface area contributed by atoms with Gasteiger partial charge in [-0.15, -0.1) is 0 Å². The number of carbonyl (C=O) groups excluding carboxylic acids is 1. The molecule has 0 radical (unpaired) electrons. The lowest BCUT2D eigenvalue weighted by atomic mass is 10.1. The predicted molar refractivity (Wildman–Crippen MR) is 70.3 cm³/mol. The van der Waals surface area contributed by atoms with Crippen LogP contribution in [-0.2, 0) is 4.18 Å². The van der Waals surface area contributed by atoms with Crippen LogP contribution in [0, 0.1) is 0 Å². The largest absolute Gasteiger partial charge is 0.391 e. The van der Waals surface area contributed by atoms with Gasteiger partial charge in [0.15, 0.2) is 6.23 Å². The van der Waals surface area contributed by atoms with Gasteiger partial charge in [0.1, 0.15) is 0 Å². The number of nitrogens with zero attached hydrogens (tertiary/aromatic N) is 1. The smallest absolute Gasteiger partial charge is 0.349 e. The molecule has 6 heteroatoms. The van der Waals surface area contributed by atoms with Crippen LogP contribution >= 0.6 is 24.7 Å². The van der Waals surface area contributed by atoms with Gasteiger partial charge in [-0.25, -0.2) is 4.79 Å². The van der Waals surface area contributed by atoms with Crippen LogP contribution in [0.3, 0.4) is 0 Å². The van der Waals surface area contributed by atoms with Gasteiger partial charge in [0, 0.05) is 12.9 Å². The van der Waals surface area contributed by atoms with Gasteiger partial charge in [-0.2, -0.15) is 0 Å². The summed E-state index contributed by atoms with van der Waals surface area (Å²) in [5, 5.41) is 10.5. The van der Waals surface area contributed by atoms with Crippen molar-refractivity contribution < 1.29 is 14.1 Å². The number of aliphatic hydroxyl groups is 1. The van der Waals surface area contributed by atoms with Gasteiger partial charge < -0.3 is 9.29 Å². The molecule has 4 nitrogen and oxygen atoms in total. The van der Waals surface area contributed by atoms with Gasteiger partial charge in [-0.1, -0.05) is 23.9 Å². The number of benzene rings is 1. The Kier molecular flexibility index (Phi) is 3.76. The fourth-order valence-corrected chi connectivity index (χ4v) is 2.75. The molecule has 2 unspecified atom stereocenters. The average molecular weight is 269 g/mol. The first-order valence-corrected chi connectivity index (χ1v) is 6.21. The highest BCUT2D eigenvalue weighted by Gasteiger charge is 2.27. The highest BCUT2D eigenvalue weighted by molar-refractivity contribution is 8.14. The van der Waals surface area contributed by atoms with Crippen LogP contribution in [0.4, 0.5) is 0 Å². The van der Waals surface area contributed by atoms with Crippen molar-refractivity contribution in [3.8, 4) is 0 Å². The van der Waals surface area contributed by atoms with E-state index in [0.717, 1.165) is 10.6 Å². The third-order valence-corrected chi connectivity index (χ3v) is 3.82. The van der Waals surface area contributed by atoms with Crippen molar-refractivity contribution in [3.05, 3.63) is 35.4 Å². The summed E-state index contributed by atoms with van der Waals surface area (Å²) < 4.78 is 4.32. The molecule has 0 saturated heterocycles. The topological polar surface area (TPSA) is 58.9 Å². The first kappa shape index (κ1) is 12.5.